The van der Waals surface area contributed by atoms with Crippen LogP contribution in [-0.2, 0) is 13.2 Å². The number of nitrogens with zero attached hydrogens (tertiary/aromatic N) is 5. The Kier molecular flexibility index (Phi) is 6.55. The lowest BCUT2D eigenvalue weighted by molar-refractivity contribution is -0.140. The molecule has 2 aliphatic rings. The average Bonchev–Trinajstić information content (AvgIpc) is 2.90. The largest absolute Gasteiger partial charge is 0.484 e. The van der Waals surface area contributed by atoms with Gasteiger partial charge < -0.3 is 14.2 Å². The van der Waals surface area contributed by atoms with Gasteiger partial charge in [0.25, 0.3) is 5.56 Å². The summed E-state index contributed by atoms with van der Waals surface area (Å²) >= 11 is 0. The molecule has 1 aromatic carbocycles. The Hall–Kier alpha value is -3.65. The Morgan fingerprint density at radius 3 is 2.61 bits per heavy atom. The van der Waals surface area contributed by atoms with E-state index in [2.05, 4.69) is 20.9 Å². The highest BCUT2D eigenvalue weighted by Crippen LogP contribution is 2.42. The van der Waals surface area contributed by atoms with E-state index >= 15 is 0 Å². The topological polar surface area (TPSA) is 74.4 Å². The fourth-order valence-corrected chi connectivity index (χ4v) is 5.77. The molecular weight excluding hydrogens is 502 g/mol. The molecule has 3 aromatic rings. The summed E-state index contributed by atoms with van der Waals surface area (Å²) in [4.78, 5) is 22.0. The number of aromatic nitrogens is 2. The number of fused-ring (bicyclic) bond motifs is 5. The van der Waals surface area contributed by atoms with Crippen molar-refractivity contribution in [3.8, 4) is 11.8 Å². The van der Waals surface area contributed by atoms with E-state index in [9.17, 15) is 27.6 Å². The Morgan fingerprint density at radius 1 is 1.21 bits per heavy atom. The molecule has 4 heterocycles. The molecule has 0 saturated carbocycles. The van der Waals surface area contributed by atoms with Gasteiger partial charge >= 0.3 is 6.18 Å². The summed E-state index contributed by atoms with van der Waals surface area (Å²) in [5.41, 5.74) is 0.791. The number of anilines is 1. The molecule has 0 spiro atoms. The molecule has 5 rings (SSSR count). The number of hydrogen-bond acceptors (Lipinski definition) is 6. The number of alkyl halides is 3. The van der Waals surface area contributed by atoms with Gasteiger partial charge in [-0.15, -0.1) is 0 Å². The zero-order valence-electron chi connectivity index (χ0n) is 21.2. The summed E-state index contributed by atoms with van der Waals surface area (Å²) in [5, 5.41) is 9.43. The van der Waals surface area contributed by atoms with Crippen LogP contribution in [-0.4, -0.2) is 46.2 Å². The van der Waals surface area contributed by atoms with Gasteiger partial charge in [-0.05, 0) is 42.7 Å². The van der Waals surface area contributed by atoms with Crippen LogP contribution in [0.5, 0.6) is 5.75 Å². The fraction of sp³-hybridized carbons (Fsp3) is 0.444. The van der Waals surface area contributed by atoms with E-state index in [0.717, 1.165) is 18.6 Å². The zero-order valence-corrected chi connectivity index (χ0v) is 21.2. The molecule has 2 aromatic heterocycles. The van der Waals surface area contributed by atoms with Crippen molar-refractivity contribution in [3.05, 3.63) is 63.3 Å². The van der Waals surface area contributed by atoms with E-state index in [4.69, 9.17) is 4.74 Å². The number of rotatable bonds is 4. The molecule has 3 atom stereocenters. The van der Waals surface area contributed by atoms with E-state index in [1.54, 1.807) is 19.2 Å². The number of halogens is 4. The van der Waals surface area contributed by atoms with Crippen LogP contribution in [0.3, 0.4) is 0 Å². The monoisotopic (exact) mass is 529 g/mol. The van der Waals surface area contributed by atoms with E-state index in [1.165, 1.54) is 10.6 Å². The maximum atomic E-state index is 14.5. The lowest BCUT2D eigenvalue weighted by Gasteiger charge is -2.51. The number of benzene rings is 1. The van der Waals surface area contributed by atoms with Gasteiger partial charge in [0.15, 0.2) is 0 Å². The molecule has 7 nitrogen and oxygen atoms in total. The van der Waals surface area contributed by atoms with Gasteiger partial charge in [-0.2, -0.15) is 18.4 Å². The maximum absolute atomic E-state index is 14.5. The minimum absolute atomic E-state index is 0.0363. The first kappa shape index (κ1) is 26.0. The van der Waals surface area contributed by atoms with Crippen molar-refractivity contribution in [1.29, 1.82) is 5.26 Å². The van der Waals surface area contributed by atoms with Gasteiger partial charge in [0, 0.05) is 32.2 Å². The van der Waals surface area contributed by atoms with Gasteiger partial charge in [0.2, 0.25) is 5.75 Å². The molecule has 0 N–H and O–H groups in total. The number of hydrogen-bond donors (Lipinski definition) is 0. The molecule has 0 unspecified atom stereocenters. The van der Waals surface area contributed by atoms with Gasteiger partial charge in [0.05, 0.1) is 17.1 Å². The number of ether oxygens (including phenoxy) is 1. The Bertz CT molecular complexity index is 1500. The molecule has 0 amide bonds. The van der Waals surface area contributed by atoms with Crippen LogP contribution < -0.4 is 15.2 Å². The van der Waals surface area contributed by atoms with Gasteiger partial charge in [-0.25, -0.2) is 9.37 Å². The summed E-state index contributed by atoms with van der Waals surface area (Å²) in [6.45, 7) is 5.19. The summed E-state index contributed by atoms with van der Waals surface area (Å²) in [6.07, 6.45) is -3.46. The number of pyridine rings is 2. The van der Waals surface area contributed by atoms with E-state index < -0.39 is 17.6 Å². The molecule has 1 saturated heterocycles. The standard InChI is InChI=1S/C27H27F4N5O2/c1-4-17-12-36-18(13-35(17)21(5-2)15-6-8-19(20(28)10-15)27(29,30)31)14-38-25-24(36)23-22(34(3)26(25)37)9-7-16(11-32)33-23/h6-10,17-18,21H,4-5,12-14H2,1-3H3/t17-,18+,21-/m1/s1. The number of nitriles is 1. The molecule has 2 aliphatic heterocycles. The van der Waals surface area contributed by atoms with E-state index in [1.807, 2.05) is 13.8 Å². The van der Waals surface area contributed by atoms with Crippen LogP contribution in [0.2, 0.25) is 0 Å². The molecule has 11 heteroatoms. The second-order valence-corrected chi connectivity index (χ2v) is 9.76. The summed E-state index contributed by atoms with van der Waals surface area (Å²) in [6, 6.07) is 7.96. The first-order valence-corrected chi connectivity index (χ1v) is 12.5. The highest BCUT2D eigenvalue weighted by molar-refractivity contribution is 5.93. The smallest absolute Gasteiger partial charge is 0.419 e. The minimum Gasteiger partial charge on any atom is -0.484 e. The fourth-order valence-electron chi connectivity index (χ4n) is 5.77. The third-order valence-corrected chi connectivity index (χ3v) is 7.68. The quantitative estimate of drug-likeness (QED) is 0.453. The SMILES string of the molecule is CC[C@@H]1CN2c3c(c(=O)n(C)c4ccc(C#N)nc34)OC[C@@H]2CN1[C@H](CC)c1ccc(C(F)(F)F)c(F)c1. The second kappa shape index (κ2) is 9.58. The lowest BCUT2D eigenvalue weighted by atomic mass is 9.94. The van der Waals surface area contributed by atoms with Gasteiger partial charge in [0.1, 0.15) is 35.4 Å². The molecule has 200 valence electrons. The van der Waals surface area contributed by atoms with Crippen molar-refractivity contribution >= 4 is 16.7 Å². The molecule has 0 bridgehead atoms. The third kappa shape index (κ3) is 4.17. The number of piperazine rings is 1. The average molecular weight is 530 g/mol. The predicted molar refractivity (Wildman–Crippen MR) is 134 cm³/mol. The van der Waals surface area contributed by atoms with Crippen LogP contribution in [0.25, 0.3) is 11.0 Å². The Balaban J connectivity index is 1.55. The van der Waals surface area contributed by atoms with E-state index in [0.29, 0.717) is 41.8 Å². The molecule has 0 aliphatic carbocycles. The summed E-state index contributed by atoms with van der Waals surface area (Å²) in [7, 11) is 1.63. The highest BCUT2D eigenvalue weighted by atomic mass is 19.4. The van der Waals surface area contributed by atoms with Crippen molar-refractivity contribution in [2.45, 2.75) is 51.0 Å². The normalized spacial score (nSPS) is 20.4. The van der Waals surface area contributed by atoms with Crippen LogP contribution in [0.4, 0.5) is 23.2 Å². The second-order valence-electron chi connectivity index (χ2n) is 9.76. The summed E-state index contributed by atoms with van der Waals surface area (Å²) < 4.78 is 61.3. The third-order valence-electron chi connectivity index (χ3n) is 7.68. The maximum Gasteiger partial charge on any atom is 0.419 e. The molecule has 0 radical (unpaired) electrons. The van der Waals surface area contributed by atoms with Crippen LogP contribution >= 0.6 is 0 Å². The van der Waals surface area contributed by atoms with Crippen molar-refractivity contribution in [1.82, 2.24) is 14.5 Å². The minimum atomic E-state index is -4.76. The zero-order chi connectivity index (χ0) is 27.4. The molecule has 38 heavy (non-hydrogen) atoms. The van der Waals surface area contributed by atoms with Crippen molar-refractivity contribution in [3.63, 3.8) is 0 Å². The van der Waals surface area contributed by atoms with Crippen molar-refractivity contribution in [2.24, 2.45) is 7.05 Å². The first-order valence-electron chi connectivity index (χ1n) is 12.5. The first-order chi connectivity index (χ1) is 18.1. The van der Waals surface area contributed by atoms with E-state index in [-0.39, 0.29) is 41.7 Å². The van der Waals surface area contributed by atoms with Crippen molar-refractivity contribution < 1.29 is 22.3 Å². The number of aryl methyl sites for hydroxylation is 1. The molecular formula is C27H27F4N5O2. The lowest BCUT2D eigenvalue weighted by Crippen LogP contribution is -2.62. The van der Waals surface area contributed by atoms with Crippen LogP contribution in [0, 0.1) is 17.1 Å². The summed E-state index contributed by atoms with van der Waals surface area (Å²) in [5.74, 6) is -1.09. The predicted octanol–water partition coefficient (Wildman–Crippen LogP) is 4.78. The molecule has 1 fully saturated rings. The van der Waals surface area contributed by atoms with Gasteiger partial charge in [-0.1, -0.05) is 19.9 Å². The van der Waals surface area contributed by atoms with Crippen molar-refractivity contribution in [2.75, 3.05) is 24.6 Å². The Labute approximate surface area is 216 Å². The van der Waals surface area contributed by atoms with Gasteiger partial charge in [-0.3, -0.25) is 9.69 Å². The Morgan fingerprint density at radius 2 is 1.97 bits per heavy atom. The van der Waals surface area contributed by atoms with Crippen LogP contribution in [0.15, 0.2) is 35.1 Å². The highest BCUT2D eigenvalue weighted by Gasteiger charge is 2.42. The van der Waals surface area contributed by atoms with Crippen LogP contribution in [0.1, 0.15) is 49.6 Å².